The Bertz CT molecular complexity index is 436. The fraction of sp³-hybridized carbons (Fsp3) is 0.722. The molecule has 1 saturated heterocycles. The number of rotatable bonds is 4. The molecule has 1 unspecified atom stereocenters. The Labute approximate surface area is 129 Å². The minimum atomic E-state index is 0.378. The number of anilines is 1. The van der Waals surface area contributed by atoms with Gasteiger partial charge in [-0.05, 0) is 57.2 Å². The quantitative estimate of drug-likeness (QED) is 0.910. The van der Waals surface area contributed by atoms with Crippen molar-refractivity contribution in [1.82, 2.24) is 10.3 Å². The first-order chi connectivity index (χ1) is 10.3. The van der Waals surface area contributed by atoms with Crippen molar-refractivity contribution < 1.29 is 0 Å². The first-order valence-electron chi connectivity index (χ1n) is 8.73. The zero-order valence-corrected chi connectivity index (χ0v) is 13.5. The van der Waals surface area contributed by atoms with Gasteiger partial charge in [-0.25, -0.2) is 0 Å². The highest BCUT2D eigenvalue weighted by atomic mass is 15.2. The predicted octanol–water partition coefficient (Wildman–Crippen LogP) is 3.91. The summed E-state index contributed by atoms with van der Waals surface area (Å²) in [7, 11) is 2.01. The van der Waals surface area contributed by atoms with Crippen LogP contribution in [0.15, 0.2) is 18.3 Å². The van der Waals surface area contributed by atoms with Gasteiger partial charge in [0, 0.05) is 18.6 Å². The molecule has 0 radical (unpaired) electrons. The lowest BCUT2D eigenvalue weighted by Gasteiger charge is -2.45. The second kappa shape index (κ2) is 6.78. The summed E-state index contributed by atoms with van der Waals surface area (Å²) >= 11 is 0. The summed E-state index contributed by atoms with van der Waals surface area (Å²) < 4.78 is 0. The average molecular weight is 287 g/mol. The van der Waals surface area contributed by atoms with E-state index in [4.69, 9.17) is 4.98 Å². The molecule has 116 valence electrons. The van der Waals surface area contributed by atoms with Crippen molar-refractivity contribution in [2.75, 3.05) is 18.5 Å². The molecule has 21 heavy (non-hydrogen) atoms. The Morgan fingerprint density at radius 3 is 2.76 bits per heavy atom. The molecule has 3 atom stereocenters. The van der Waals surface area contributed by atoms with Crippen LogP contribution >= 0.6 is 0 Å². The summed E-state index contributed by atoms with van der Waals surface area (Å²) in [5, 5.41) is 3.34. The molecule has 3 nitrogen and oxygen atoms in total. The summed E-state index contributed by atoms with van der Waals surface area (Å²) in [6.45, 7) is 3.42. The number of fused-ring (bicyclic) bond motifs is 1. The average Bonchev–Trinajstić information content (AvgIpc) is 2.56. The molecule has 0 bridgehead atoms. The highest BCUT2D eigenvalue weighted by molar-refractivity contribution is 5.46. The van der Waals surface area contributed by atoms with E-state index in [2.05, 4.69) is 35.5 Å². The molecule has 0 spiro atoms. The van der Waals surface area contributed by atoms with Crippen molar-refractivity contribution >= 4 is 5.69 Å². The largest absolute Gasteiger partial charge is 0.367 e. The fourth-order valence-electron chi connectivity index (χ4n) is 4.28. The second-order valence-electron chi connectivity index (χ2n) is 6.64. The molecule has 0 amide bonds. The van der Waals surface area contributed by atoms with E-state index in [0.29, 0.717) is 6.04 Å². The summed E-state index contributed by atoms with van der Waals surface area (Å²) in [5.74, 6) is 0.924. The minimum absolute atomic E-state index is 0.378. The lowest BCUT2D eigenvalue weighted by atomic mass is 9.78. The van der Waals surface area contributed by atoms with Crippen LogP contribution in [0, 0.1) is 5.92 Å². The third-order valence-corrected chi connectivity index (χ3v) is 5.46. The molecule has 3 rings (SSSR count). The van der Waals surface area contributed by atoms with Gasteiger partial charge in [0.25, 0.3) is 0 Å². The zero-order valence-electron chi connectivity index (χ0n) is 13.5. The van der Waals surface area contributed by atoms with Crippen molar-refractivity contribution in [2.45, 2.75) is 64.0 Å². The molecule has 1 aliphatic carbocycles. The number of hydrogen-bond donors (Lipinski definition) is 1. The summed E-state index contributed by atoms with van der Waals surface area (Å²) in [4.78, 5) is 7.37. The highest BCUT2D eigenvalue weighted by Gasteiger charge is 2.33. The van der Waals surface area contributed by atoms with Gasteiger partial charge < -0.3 is 10.2 Å². The van der Waals surface area contributed by atoms with Crippen molar-refractivity contribution in [3.63, 3.8) is 0 Å². The number of hydrogen-bond acceptors (Lipinski definition) is 3. The molecule has 1 aliphatic heterocycles. The van der Waals surface area contributed by atoms with E-state index in [1.54, 1.807) is 0 Å². The molecule has 2 fully saturated rings. The summed E-state index contributed by atoms with van der Waals surface area (Å²) in [6.07, 6.45) is 11.6. The Kier molecular flexibility index (Phi) is 4.79. The van der Waals surface area contributed by atoms with Crippen molar-refractivity contribution in [2.24, 2.45) is 5.92 Å². The Morgan fingerprint density at radius 1 is 1.24 bits per heavy atom. The van der Waals surface area contributed by atoms with Crippen LogP contribution in [-0.2, 0) is 0 Å². The number of aromatic nitrogens is 1. The monoisotopic (exact) mass is 287 g/mol. The first-order valence-corrected chi connectivity index (χ1v) is 8.73. The fourth-order valence-corrected chi connectivity index (χ4v) is 4.28. The van der Waals surface area contributed by atoms with Crippen LogP contribution < -0.4 is 10.2 Å². The number of pyridine rings is 1. The SMILES string of the molecule is CCC(NC)c1ccc(N2CCC[C@H]3CCCC[C@H]32)cn1. The maximum Gasteiger partial charge on any atom is 0.0574 e. The normalized spacial score (nSPS) is 27.2. The van der Waals surface area contributed by atoms with Gasteiger partial charge in [-0.1, -0.05) is 19.8 Å². The molecular formula is C18H29N3. The van der Waals surface area contributed by atoms with Gasteiger partial charge in [0.05, 0.1) is 17.6 Å². The number of nitrogens with one attached hydrogen (secondary N) is 1. The maximum atomic E-state index is 4.73. The van der Waals surface area contributed by atoms with Gasteiger partial charge in [0.15, 0.2) is 0 Å². The van der Waals surface area contributed by atoms with Gasteiger partial charge in [0.1, 0.15) is 0 Å². The molecular weight excluding hydrogens is 258 g/mol. The van der Waals surface area contributed by atoms with E-state index in [0.717, 1.165) is 18.4 Å². The Morgan fingerprint density at radius 2 is 2.05 bits per heavy atom. The molecule has 1 aromatic heterocycles. The standard InChI is InChI=1S/C18H29N3/c1-3-16(19-2)17-11-10-15(13-20-17)21-12-6-8-14-7-4-5-9-18(14)21/h10-11,13-14,16,18-19H,3-9,12H2,1-2H3/t14-,16?,18-/m1/s1. The van der Waals surface area contributed by atoms with Crippen LogP contribution in [0.4, 0.5) is 5.69 Å². The topological polar surface area (TPSA) is 28.2 Å². The Balaban J connectivity index is 1.76. The third-order valence-electron chi connectivity index (χ3n) is 5.46. The van der Waals surface area contributed by atoms with Crippen LogP contribution in [0.2, 0.25) is 0 Å². The van der Waals surface area contributed by atoms with E-state index in [1.165, 1.54) is 56.5 Å². The first kappa shape index (κ1) is 14.8. The third kappa shape index (κ3) is 3.08. The molecule has 0 aromatic carbocycles. The van der Waals surface area contributed by atoms with Gasteiger partial charge in [0.2, 0.25) is 0 Å². The van der Waals surface area contributed by atoms with Crippen LogP contribution in [0.3, 0.4) is 0 Å². The molecule has 3 heteroatoms. The van der Waals surface area contributed by atoms with E-state index in [1.807, 2.05) is 7.05 Å². The lowest BCUT2D eigenvalue weighted by Crippen LogP contribution is -2.46. The van der Waals surface area contributed by atoms with Crippen LogP contribution in [-0.4, -0.2) is 24.6 Å². The van der Waals surface area contributed by atoms with E-state index < -0.39 is 0 Å². The minimum Gasteiger partial charge on any atom is -0.367 e. The molecule has 1 N–H and O–H groups in total. The van der Waals surface area contributed by atoms with Crippen LogP contribution in [0.5, 0.6) is 0 Å². The van der Waals surface area contributed by atoms with Crippen LogP contribution in [0.1, 0.15) is 63.6 Å². The van der Waals surface area contributed by atoms with Gasteiger partial charge in [-0.2, -0.15) is 0 Å². The highest BCUT2D eigenvalue weighted by Crippen LogP contribution is 2.37. The molecule has 1 aromatic rings. The van der Waals surface area contributed by atoms with E-state index in [9.17, 15) is 0 Å². The number of piperidine rings is 1. The smallest absolute Gasteiger partial charge is 0.0574 e. The molecule has 2 aliphatic rings. The van der Waals surface area contributed by atoms with Crippen molar-refractivity contribution in [1.29, 1.82) is 0 Å². The predicted molar refractivity (Wildman–Crippen MR) is 88.7 cm³/mol. The van der Waals surface area contributed by atoms with Crippen molar-refractivity contribution in [3.8, 4) is 0 Å². The lowest BCUT2D eigenvalue weighted by molar-refractivity contribution is 0.243. The van der Waals surface area contributed by atoms with E-state index in [-0.39, 0.29) is 0 Å². The summed E-state index contributed by atoms with van der Waals surface area (Å²) in [6, 6.07) is 5.65. The molecule has 2 heterocycles. The van der Waals surface area contributed by atoms with Gasteiger partial charge >= 0.3 is 0 Å². The van der Waals surface area contributed by atoms with Gasteiger partial charge in [-0.15, -0.1) is 0 Å². The van der Waals surface area contributed by atoms with Crippen molar-refractivity contribution in [3.05, 3.63) is 24.0 Å². The van der Waals surface area contributed by atoms with Crippen LogP contribution in [0.25, 0.3) is 0 Å². The Hall–Kier alpha value is -1.09. The van der Waals surface area contributed by atoms with E-state index >= 15 is 0 Å². The maximum absolute atomic E-state index is 4.73. The second-order valence-corrected chi connectivity index (χ2v) is 6.64. The molecule has 1 saturated carbocycles. The van der Waals surface area contributed by atoms with Gasteiger partial charge in [-0.3, -0.25) is 4.98 Å². The summed E-state index contributed by atoms with van der Waals surface area (Å²) in [5.41, 5.74) is 2.50. The number of nitrogens with zero attached hydrogens (tertiary/aromatic N) is 2. The zero-order chi connectivity index (χ0) is 14.7.